The van der Waals surface area contributed by atoms with E-state index in [4.69, 9.17) is 4.74 Å². The van der Waals surface area contributed by atoms with Gasteiger partial charge in [-0.15, -0.1) is 0 Å². The van der Waals surface area contributed by atoms with Gasteiger partial charge < -0.3 is 15.2 Å². The summed E-state index contributed by atoms with van der Waals surface area (Å²) in [5, 5.41) is 12.2. The molecule has 1 unspecified atom stereocenters. The van der Waals surface area contributed by atoms with E-state index >= 15 is 0 Å². The quantitative estimate of drug-likeness (QED) is 0.822. The number of hydrogen-bond donors (Lipinski definition) is 2. The van der Waals surface area contributed by atoms with E-state index in [1.807, 2.05) is 30.3 Å². The second-order valence-electron chi connectivity index (χ2n) is 4.89. The SMILES string of the molecule is O=C(CCC1CCCO1)N[C@H](CO)c1ccccc1. The highest BCUT2D eigenvalue weighted by molar-refractivity contribution is 5.76. The van der Waals surface area contributed by atoms with Crippen LogP contribution in [0.15, 0.2) is 30.3 Å². The maximum Gasteiger partial charge on any atom is 0.220 e. The molecule has 1 saturated heterocycles. The Morgan fingerprint density at radius 3 is 2.84 bits per heavy atom. The lowest BCUT2D eigenvalue weighted by atomic mass is 10.1. The summed E-state index contributed by atoms with van der Waals surface area (Å²) in [6.07, 6.45) is 3.59. The van der Waals surface area contributed by atoms with Crippen molar-refractivity contribution in [3.63, 3.8) is 0 Å². The summed E-state index contributed by atoms with van der Waals surface area (Å²) in [5.74, 6) is -0.0293. The molecule has 0 saturated carbocycles. The van der Waals surface area contributed by atoms with Gasteiger partial charge in [0.15, 0.2) is 0 Å². The van der Waals surface area contributed by atoms with Crippen molar-refractivity contribution in [2.24, 2.45) is 0 Å². The summed E-state index contributed by atoms with van der Waals surface area (Å²) < 4.78 is 5.49. The molecule has 2 atom stereocenters. The highest BCUT2D eigenvalue weighted by Crippen LogP contribution is 2.17. The Hall–Kier alpha value is -1.39. The zero-order valence-corrected chi connectivity index (χ0v) is 11.0. The largest absolute Gasteiger partial charge is 0.394 e. The summed E-state index contributed by atoms with van der Waals surface area (Å²) in [5.41, 5.74) is 0.926. The zero-order chi connectivity index (χ0) is 13.5. The van der Waals surface area contributed by atoms with Crippen LogP contribution in [0.25, 0.3) is 0 Å². The fourth-order valence-electron chi connectivity index (χ4n) is 2.35. The zero-order valence-electron chi connectivity index (χ0n) is 11.0. The minimum Gasteiger partial charge on any atom is -0.394 e. The minimum atomic E-state index is -0.321. The molecule has 4 nitrogen and oxygen atoms in total. The molecule has 2 rings (SSSR count). The number of amides is 1. The number of hydrogen-bond acceptors (Lipinski definition) is 3. The van der Waals surface area contributed by atoms with Gasteiger partial charge in [-0.3, -0.25) is 4.79 Å². The van der Waals surface area contributed by atoms with Crippen LogP contribution in [0.2, 0.25) is 0 Å². The van der Waals surface area contributed by atoms with Crippen molar-refractivity contribution in [2.75, 3.05) is 13.2 Å². The number of carbonyl (C=O) groups is 1. The third-order valence-electron chi connectivity index (χ3n) is 3.44. The molecule has 19 heavy (non-hydrogen) atoms. The van der Waals surface area contributed by atoms with E-state index in [9.17, 15) is 9.90 Å². The lowest BCUT2D eigenvalue weighted by Gasteiger charge is -2.17. The number of ether oxygens (including phenoxy) is 1. The van der Waals surface area contributed by atoms with Crippen molar-refractivity contribution >= 4 is 5.91 Å². The number of aliphatic hydroxyl groups is 1. The molecular weight excluding hydrogens is 242 g/mol. The maximum absolute atomic E-state index is 11.9. The molecule has 0 bridgehead atoms. The monoisotopic (exact) mass is 263 g/mol. The van der Waals surface area contributed by atoms with Gasteiger partial charge in [0.25, 0.3) is 0 Å². The summed E-state index contributed by atoms with van der Waals surface area (Å²) in [6, 6.07) is 9.20. The Morgan fingerprint density at radius 2 is 2.21 bits per heavy atom. The molecule has 1 aromatic carbocycles. The normalized spacial score (nSPS) is 20.2. The van der Waals surface area contributed by atoms with Gasteiger partial charge in [-0.05, 0) is 24.8 Å². The summed E-state index contributed by atoms with van der Waals surface area (Å²) >= 11 is 0. The molecule has 1 fully saturated rings. The number of benzene rings is 1. The van der Waals surface area contributed by atoms with Crippen LogP contribution >= 0.6 is 0 Å². The molecule has 2 N–H and O–H groups in total. The topological polar surface area (TPSA) is 58.6 Å². The van der Waals surface area contributed by atoms with Gasteiger partial charge in [0.1, 0.15) is 0 Å². The average Bonchev–Trinajstić information content (AvgIpc) is 2.97. The van der Waals surface area contributed by atoms with Gasteiger partial charge in [-0.2, -0.15) is 0 Å². The lowest BCUT2D eigenvalue weighted by molar-refractivity contribution is -0.122. The van der Waals surface area contributed by atoms with E-state index in [0.29, 0.717) is 6.42 Å². The summed E-state index contributed by atoms with van der Waals surface area (Å²) in [4.78, 5) is 11.9. The number of carbonyl (C=O) groups excluding carboxylic acids is 1. The Balaban J connectivity index is 1.79. The fourth-order valence-corrected chi connectivity index (χ4v) is 2.35. The molecule has 1 aliphatic heterocycles. The van der Waals surface area contributed by atoms with Crippen molar-refractivity contribution < 1.29 is 14.6 Å². The molecule has 0 aromatic heterocycles. The van der Waals surface area contributed by atoms with Gasteiger partial charge in [-0.1, -0.05) is 30.3 Å². The molecule has 1 aliphatic rings. The van der Waals surface area contributed by atoms with Gasteiger partial charge in [-0.25, -0.2) is 0 Å². The van der Waals surface area contributed by atoms with Crippen LogP contribution in [0.5, 0.6) is 0 Å². The smallest absolute Gasteiger partial charge is 0.220 e. The standard InChI is InChI=1S/C15H21NO3/c17-11-14(12-5-2-1-3-6-12)16-15(18)9-8-13-7-4-10-19-13/h1-3,5-6,13-14,17H,4,7-11H2,(H,16,18)/t13?,14-/m1/s1. The van der Waals surface area contributed by atoms with Crippen LogP contribution in [0.4, 0.5) is 0 Å². The van der Waals surface area contributed by atoms with Crippen LogP contribution in [-0.4, -0.2) is 30.3 Å². The molecule has 1 aromatic rings. The average molecular weight is 263 g/mol. The van der Waals surface area contributed by atoms with E-state index < -0.39 is 0 Å². The van der Waals surface area contributed by atoms with E-state index in [1.54, 1.807) is 0 Å². The Labute approximate surface area is 113 Å². The Bertz CT molecular complexity index is 388. The second kappa shape index (κ2) is 7.26. The predicted octanol–water partition coefficient (Wildman–Crippen LogP) is 1.80. The molecule has 1 heterocycles. The second-order valence-corrected chi connectivity index (χ2v) is 4.89. The van der Waals surface area contributed by atoms with Gasteiger partial charge >= 0.3 is 0 Å². The first-order chi connectivity index (χ1) is 9.29. The third kappa shape index (κ3) is 4.33. The van der Waals surface area contributed by atoms with Gasteiger partial charge in [0.05, 0.1) is 18.8 Å². The van der Waals surface area contributed by atoms with E-state index in [1.165, 1.54) is 0 Å². The Morgan fingerprint density at radius 1 is 1.42 bits per heavy atom. The molecule has 4 heteroatoms. The number of aliphatic hydroxyl groups excluding tert-OH is 1. The maximum atomic E-state index is 11.9. The number of rotatable bonds is 6. The van der Waals surface area contributed by atoms with Gasteiger partial charge in [0.2, 0.25) is 5.91 Å². The van der Waals surface area contributed by atoms with E-state index in [-0.39, 0.29) is 24.7 Å². The van der Waals surface area contributed by atoms with Crippen LogP contribution in [-0.2, 0) is 9.53 Å². The molecular formula is C15H21NO3. The molecule has 1 amide bonds. The van der Waals surface area contributed by atoms with Crippen molar-refractivity contribution in [3.8, 4) is 0 Å². The van der Waals surface area contributed by atoms with Crippen molar-refractivity contribution in [1.29, 1.82) is 0 Å². The first-order valence-electron chi connectivity index (χ1n) is 6.86. The van der Waals surface area contributed by atoms with E-state index in [0.717, 1.165) is 31.4 Å². The fraction of sp³-hybridized carbons (Fsp3) is 0.533. The minimum absolute atomic E-state index is 0.0293. The van der Waals surface area contributed by atoms with Crippen LogP contribution in [0, 0.1) is 0 Å². The van der Waals surface area contributed by atoms with Crippen molar-refractivity contribution in [3.05, 3.63) is 35.9 Å². The molecule has 0 aliphatic carbocycles. The summed E-state index contributed by atoms with van der Waals surface area (Å²) in [7, 11) is 0. The van der Waals surface area contributed by atoms with Crippen LogP contribution in [0.3, 0.4) is 0 Å². The third-order valence-corrected chi connectivity index (χ3v) is 3.44. The highest BCUT2D eigenvalue weighted by Gasteiger charge is 2.18. The Kier molecular flexibility index (Phi) is 5.36. The van der Waals surface area contributed by atoms with Crippen LogP contribution in [0.1, 0.15) is 37.3 Å². The number of nitrogens with one attached hydrogen (secondary N) is 1. The first kappa shape index (κ1) is 14.0. The van der Waals surface area contributed by atoms with Crippen molar-refractivity contribution in [2.45, 2.75) is 37.8 Å². The van der Waals surface area contributed by atoms with Crippen LogP contribution < -0.4 is 5.32 Å². The summed E-state index contributed by atoms with van der Waals surface area (Å²) in [6.45, 7) is 0.727. The molecule has 104 valence electrons. The lowest BCUT2D eigenvalue weighted by Crippen LogP contribution is -2.31. The van der Waals surface area contributed by atoms with Gasteiger partial charge in [0, 0.05) is 13.0 Å². The first-order valence-corrected chi connectivity index (χ1v) is 6.86. The molecule has 0 spiro atoms. The predicted molar refractivity (Wildman–Crippen MR) is 72.6 cm³/mol. The highest BCUT2D eigenvalue weighted by atomic mass is 16.5. The molecule has 0 radical (unpaired) electrons. The van der Waals surface area contributed by atoms with Crippen molar-refractivity contribution in [1.82, 2.24) is 5.32 Å². The van der Waals surface area contributed by atoms with E-state index in [2.05, 4.69) is 5.32 Å².